The van der Waals surface area contributed by atoms with E-state index >= 15 is 0 Å². The molecule has 0 saturated carbocycles. The van der Waals surface area contributed by atoms with Crippen molar-refractivity contribution >= 4 is 16.7 Å². The van der Waals surface area contributed by atoms with E-state index in [0.29, 0.717) is 5.54 Å². The van der Waals surface area contributed by atoms with Gasteiger partial charge in [0.25, 0.3) is 0 Å². The van der Waals surface area contributed by atoms with Crippen molar-refractivity contribution in [3.8, 4) is 17.2 Å². The van der Waals surface area contributed by atoms with Crippen LogP contribution < -0.4 is 10.2 Å². The molecule has 2 aliphatic rings. The Kier molecular flexibility index (Phi) is 4.61. The molecule has 0 aliphatic carbocycles. The van der Waals surface area contributed by atoms with E-state index in [1.165, 1.54) is 25.7 Å². The maximum atomic E-state index is 4.98. The van der Waals surface area contributed by atoms with E-state index in [9.17, 15) is 0 Å². The average molecular weight is 427 g/mol. The predicted molar refractivity (Wildman–Crippen MR) is 124 cm³/mol. The standard InChI is InChI=1S/C24H26N8/c1-17-13-25-16-20(29-17)19-12-21-18(14-26-19)15-28-32(21)23-5-2-4-22(30-23)31-10-7-24(8-11-31)6-3-9-27-24/h2,4-5,12-16,27H,3,6-11H2,1H3. The topological polar surface area (TPSA) is 84.7 Å². The Balaban J connectivity index is 1.31. The molecule has 0 amide bonds. The maximum absolute atomic E-state index is 4.98. The molecule has 2 saturated heterocycles. The van der Waals surface area contributed by atoms with Crippen LogP contribution in [0.5, 0.6) is 0 Å². The van der Waals surface area contributed by atoms with Crippen LogP contribution in [0.3, 0.4) is 0 Å². The summed E-state index contributed by atoms with van der Waals surface area (Å²) in [6.07, 6.45) is 12.1. The highest BCUT2D eigenvalue weighted by molar-refractivity contribution is 5.82. The Morgan fingerprint density at radius 1 is 0.938 bits per heavy atom. The van der Waals surface area contributed by atoms with E-state index in [1.807, 2.05) is 36.1 Å². The predicted octanol–water partition coefficient (Wildman–Crippen LogP) is 3.30. The van der Waals surface area contributed by atoms with E-state index in [-0.39, 0.29) is 0 Å². The fourth-order valence-electron chi connectivity index (χ4n) is 5.00. The van der Waals surface area contributed by atoms with Crippen LogP contribution in [-0.2, 0) is 0 Å². The molecule has 1 spiro atoms. The van der Waals surface area contributed by atoms with E-state index in [0.717, 1.165) is 59.3 Å². The van der Waals surface area contributed by atoms with Crippen molar-refractivity contribution in [3.63, 3.8) is 0 Å². The van der Waals surface area contributed by atoms with Crippen molar-refractivity contribution in [2.45, 2.75) is 38.1 Å². The summed E-state index contributed by atoms with van der Waals surface area (Å²) in [5.41, 5.74) is 3.70. The van der Waals surface area contributed by atoms with Crippen molar-refractivity contribution < 1.29 is 0 Å². The Morgan fingerprint density at radius 2 is 1.81 bits per heavy atom. The van der Waals surface area contributed by atoms with Gasteiger partial charge in [0.2, 0.25) is 0 Å². The minimum atomic E-state index is 0.356. The number of anilines is 1. The van der Waals surface area contributed by atoms with E-state index in [4.69, 9.17) is 4.98 Å². The number of nitrogens with zero attached hydrogens (tertiary/aromatic N) is 7. The number of aryl methyl sites for hydroxylation is 1. The van der Waals surface area contributed by atoms with Crippen molar-refractivity contribution in [1.82, 2.24) is 35.0 Å². The number of hydrogen-bond donors (Lipinski definition) is 1. The minimum absolute atomic E-state index is 0.356. The van der Waals surface area contributed by atoms with Gasteiger partial charge < -0.3 is 10.2 Å². The van der Waals surface area contributed by atoms with Gasteiger partial charge in [-0.1, -0.05) is 6.07 Å². The van der Waals surface area contributed by atoms with Crippen LogP contribution in [0.25, 0.3) is 28.1 Å². The number of hydrogen-bond acceptors (Lipinski definition) is 7. The van der Waals surface area contributed by atoms with Gasteiger partial charge in [-0.2, -0.15) is 5.10 Å². The largest absolute Gasteiger partial charge is 0.356 e. The average Bonchev–Trinajstić information content (AvgIpc) is 3.46. The third-order valence-corrected chi connectivity index (χ3v) is 6.78. The van der Waals surface area contributed by atoms with Gasteiger partial charge in [-0.3, -0.25) is 9.97 Å². The van der Waals surface area contributed by atoms with E-state index in [1.54, 1.807) is 12.4 Å². The minimum Gasteiger partial charge on any atom is -0.356 e. The van der Waals surface area contributed by atoms with Crippen molar-refractivity contribution in [3.05, 3.63) is 54.7 Å². The van der Waals surface area contributed by atoms with Crippen LogP contribution in [0.4, 0.5) is 5.82 Å². The molecule has 8 nitrogen and oxygen atoms in total. The second-order valence-corrected chi connectivity index (χ2v) is 8.88. The molecule has 32 heavy (non-hydrogen) atoms. The molecule has 0 unspecified atom stereocenters. The highest BCUT2D eigenvalue weighted by Crippen LogP contribution is 2.32. The fraction of sp³-hybridized carbons (Fsp3) is 0.375. The molecule has 0 radical (unpaired) electrons. The van der Waals surface area contributed by atoms with Gasteiger partial charge in [0.05, 0.1) is 29.3 Å². The summed E-state index contributed by atoms with van der Waals surface area (Å²) >= 11 is 0. The molecular weight excluding hydrogens is 400 g/mol. The van der Waals surface area contributed by atoms with Gasteiger partial charge in [0.1, 0.15) is 11.5 Å². The van der Waals surface area contributed by atoms with Gasteiger partial charge in [-0.15, -0.1) is 0 Å². The summed E-state index contributed by atoms with van der Waals surface area (Å²) < 4.78 is 1.89. The number of nitrogens with one attached hydrogen (secondary N) is 1. The highest BCUT2D eigenvalue weighted by Gasteiger charge is 2.36. The summed E-state index contributed by atoms with van der Waals surface area (Å²) in [6.45, 7) is 5.15. The summed E-state index contributed by atoms with van der Waals surface area (Å²) in [5, 5.41) is 9.32. The SMILES string of the molecule is Cc1cncc(-c2cc3c(cn2)cnn3-c2cccc(N3CCC4(CCCN4)CC3)n2)n1. The molecule has 4 aromatic rings. The number of aromatic nitrogens is 6. The maximum Gasteiger partial charge on any atom is 0.156 e. The molecule has 1 N–H and O–H groups in total. The van der Waals surface area contributed by atoms with E-state index in [2.05, 4.69) is 42.4 Å². The Morgan fingerprint density at radius 3 is 2.62 bits per heavy atom. The van der Waals surface area contributed by atoms with Gasteiger partial charge in [-0.25, -0.2) is 14.6 Å². The van der Waals surface area contributed by atoms with Crippen LogP contribution in [0.2, 0.25) is 0 Å². The Labute approximate surface area is 186 Å². The summed E-state index contributed by atoms with van der Waals surface area (Å²) in [4.78, 5) is 20.7. The molecule has 6 heterocycles. The highest BCUT2D eigenvalue weighted by atomic mass is 15.3. The zero-order valence-electron chi connectivity index (χ0n) is 18.2. The third kappa shape index (κ3) is 3.40. The van der Waals surface area contributed by atoms with Crippen molar-refractivity contribution in [1.29, 1.82) is 0 Å². The second-order valence-electron chi connectivity index (χ2n) is 8.88. The molecule has 0 bridgehead atoms. The quantitative estimate of drug-likeness (QED) is 0.538. The van der Waals surface area contributed by atoms with Gasteiger partial charge in [0, 0.05) is 36.4 Å². The van der Waals surface area contributed by atoms with Crippen molar-refractivity contribution in [2.75, 3.05) is 24.5 Å². The lowest BCUT2D eigenvalue weighted by atomic mass is 9.86. The number of pyridine rings is 2. The zero-order chi connectivity index (χ0) is 21.5. The molecule has 4 aromatic heterocycles. The summed E-state index contributed by atoms with van der Waals surface area (Å²) in [6, 6.07) is 8.19. The Hall–Kier alpha value is -3.39. The number of piperidine rings is 1. The van der Waals surface area contributed by atoms with Crippen molar-refractivity contribution in [2.24, 2.45) is 0 Å². The Bertz CT molecular complexity index is 1260. The van der Waals surface area contributed by atoms with Crippen LogP contribution in [0.15, 0.2) is 49.1 Å². The molecule has 162 valence electrons. The lowest BCUT2D eigenvalue weighted by Crippen LogP contribution is -2.50. The lowest BCUT2D eigenvalue weighted by molar-refractivity contribution is 0.296. The molecule has 2 aliphatic heterocycles. The first kappa shape index (κ1) is 19.3. The van der Waals surface area contributed by atoms with Crippen LogP contribution in [0, 0.1) is 6.92 Å². The van der Waals surface area contributed by atoms with E-state index < -0.39 is 0 Å². The van der Waals surface area contributed by atoms with Crippen LogP contribution in [0.1, 0.15) is 31.4 Å². The first-order valence-corrected chi connectivity index (χ1v) is 11.3. The molecule has 2 fully saturated rings. The molecular formula is C24H26N8. The third-order valence-electron chi connectivity index (χ3n) is 6.78. The monoisotopic (exact) mass is 426 g/mol. The van der Waals surface area contributed by atoms with Gasteiger partial charge >= 0.3 is 0 Å². The number of fused-ring (bicyclic) bond motifs is 1. The fourth-order valence-corrected chi connectivity index (χ4v) is 5.00. The lowest BCUT2D eigenvalue weighted by Gasteiger charge is -2.40. The molecule has 0 aromatic carbocycles. The van der Waals surface area contributed by atoms with Crippen LogP contribution >= 0.6 is 0 Å². The van der Waals surface area contributed by atoms with Gasteiger partial charge in [-0.05, 0) is 57.4 Å². The molecule has 8 heteroatoms. The smallest absolute Gasteiger partial charge is 0.156 e. The van der Waals surface area contributed by atoms with Crippen LogP contribution in [-0.4, -0.2) is 54.9 Å². The zero-order valence-corrected chi connectivity index (χ0v) is 18.2. The molecule has 0 atom stereocenters. The summed E-state index contributed by atoms with van der Waals surface area (Å²) in [7, 11) is 0. The first-order chi connectivity index (χ1) is 15.7. The second kappa shape index (κ2) is 7.63. The summed E-state index contributed by atoms with van der Waals surface area (Å²) in [5.74, 6) is 1.82. The molecule has 6 rings (SSSR count). The first-order valence-electron chi connectivity index (χ1n) is 11.3. The number of rotatable bonds is 3. The normalized spacial score (nSPS) is 18.0. The van der Waals surface area contributed by atoms with Gasteiger partial charge in [0.15, 0.2) is 5.82 Å².